The van der Waals surface area contributed by atoms with Crippen molar-refractivity contribution in [1.29, 1.82) is 0 Å². The maximum atomic E-state index is 12.1. The molecule has 3 rings (SSSR count). The fraction of sp³-hybridized carbons (Fsp3) is 0.619. The van der Waals surface area contributed by atoms with Gasteiger partial charge in [-0.15, -0.1) is 0 Å². The number of ether oxygens (including phenoxy) is 1. The molecule has 1 aliphatic carbocycles. The lowest BCUT2D eigenvalue weighted by Gasteiger charge is -2.32. The van der Waals surface area contributed by atoms with Crippen LogP contribution in [0, 0.1) is 5.92 Å². The molecule has 6 nitrogen and oxygen atoms in total. The van der Waals surface area contributed by atoms with Crippen LogP contribution in [0.1, 0.15) is 56.6 Å². The Labute approximate surface area is 161 Å². The second-order valence-corrected chi connectivity index (χ2v) is 7.57. The smallest absolute Gasteiger partial charge is 0.315 e. The summed E-state index contributed by atoms with van der Waals surface area (Å²) in [6.07, 6.45) is 7.71. The topological polar surface area (TPSA) is 79.5 Å². The number of hydrogen-bond acceptors (Lipinski definition) is 3. The number of urea groups is 1. The van der Waals surface area contributed by atoms with Crippen LogP contribution >= 0.6 is 0 Å². The highest BCUT2D eigenvalue weighted by atomic mass is 16.5. The number of benzene rings is 1. The average Bonchev–Trinajstić information content (AvgIpc) is 2.72. The van der Waals surface area contributed by atoms with Gasteiger partial charge in [0, 0.05) is 25.1 Å². The third kappa shape index (κ3) is 6.24. The zero-order chi connectivity index (χ0) is 18.9. The van der Waals surface area contributed by atoms with Crippen molar-refractivity contribution in [2.45, 2.75) is 57.1 Å². The Hall–Kier alpha value is -2.08. The summed E-state index contributed by atoms with van der Waals surface area (Å²) in [6.45, 7) is 1.31. The summed E-state index contributed by atoms with van der Waals surface area (Å²) in [6, 6.07) is 10.1. The molecule has 1 aromatic carbocycles. The summed E-state index contributed by atoms with van der Waals surface area (Å²) in [7, 11) is 0. The molecule has 6 heteroatoms. The molecule has 27 heavy (non-hydrogen) atoms. The van der Waals surface area contributed by atoms with Crippen molar-refractivity contribution in [2.24, 2.45) is 5.92 Å². The van der Waals surface area contributed by atoms with E-state index in [-0.39, 0.29) is 36.5 Å². The lowest BCUT2D eigenvalue weighted by atomic mass is 9.89. The summed E-state index contributed by atoms with van der Waals surface area (Å²) in [5.74, 6) is 0.128. The number of hydrogen-bond donors (Lipinski definition) is 3. The Bertz CT molecular complexity index is 602. The fourth-order valence-electron chi connectivity index (χ4n) is 4.04. The second-order valence-electron chi connectivity index (χ2n) is 7.57. The largest absolute Gasteiger partial charge is 0.373 e. The van der Waals surface area contributed by atoms with Crippen molar-refractivity contribution in [1.82, 2.24) is 16.0 Å². The second kappa shape index (κ2) is 10.3. The SMILES string of the molecule is O=C(CNC(=O)NC[C@H]1CCCO[C@@H]1c1ccccc1)NC1CCCCC1. The van der Waals surface area contributed by atoms with Crippen LogP contribution in [0.5, 0.6) is 0 Å². The minimum atomic E-state index is -0.300. The highest BCUT2D eigenvalue weighted by molar-refractivity contribution is 5.84. The molecular weight excluding hydrogens is 342 g/mol. The van der Waals surface area contributed by atoms with E-state index in [4.69, 9.17) is 4.74 Å². The van der Waals surface area contributed by atoms with E-state index >= 15 is 0 Å². The number of rotatable bonds is 6. The van der Waals surface area contributed by atoms with Crippen LogP contribution in [0.3, 0.4) is 0 Å². The van der Waals surface area contributed by atoms with Gasteiger partial charge in [-0.1, -0.05) is 49.6 Å². The van der Waals surface area contributed by atoms with Gasteiger partial charge in [0.2, 0.25) is 5.91 Å². The monoisotopic (exact) mass is 373 g/mol. The summed E-state index contributed by atoms with van der Waals surface area (Å²) in [4.78, 5) is 24.1. The molecule has 2 atom stereocenters. The Morgan fingerprint density at radius 3 is 2.52 bits per heavy atom. The van der Waals surface area contributed by atoms with E-state index < -0.39 is 0 Å². The summed E-state index contributed by atoms with van der Waals surface area (Å²) in [5, 5.41) is 8.57. The first-order valence-electron chi connectivity index (χ1n) is 10.2. The van der Waals surface area contributed by atoms with Crippen molar-refractivity contribution in [3.8, 4) is 0 Å². The predicted molar refractivity (Wildman–Crippen MR) is 104 cm³/mol. The number of carbonyl (C=O) groups is 2. The lowest BCUT2D eigenvalue weighted by molar-refractivity contribution is -0.121. The number of nitrogens with one attached hydrogen (secondary N) is 3. The third-order valence-corrected chi connectivity index (χ3v) is 5.48. The van der Waals surface area contributed by atoms with Gasteiger partial charge >= 0.3 is 6.03 Å². The van der Waals surface area contributed by atoms with E-state index in [0.29, 0.717) is 6.54 Å². The van der Waals surface area contributed by atoms with Gasteiger partial charge in [0.25, 0.3) is 0 Å². The molecular formula is C21H31N3O3. The van der Waals surface area contributed by atoms with E-state index in [1.807, 2.05) is 18.2 Å². The zero-order valence-corrected chi connectivity index (χ0v) is 15.9. The summed E-state index contributed by atoms with van der Waals surface area (Å²) in [5.41, 5.74) is 1.15. The first kappa shape index (κ1) is 19.7. The van der Waals surface area contributed by atoms with E-state index in [2.05, 4.69) is 28.1 Å². The molecule has 0 spiro atoms. The Morgan fingerprint density at radius 2 is 1.74 bits per heavy atom. The van der Waals surface area contributed by atoms with Crippen LogP contribution < -0.4 is 16.0 Å². The van der Waals surface area contributed by atoms with Crippen molar-refractivity contribution in [3.63, 3.8) is 0 Å². The van der Waals surface area contributed by atoms with Crippen LogP contribution in [0.25, 0.3) is 0 Å². The van der Waals surface area contributed by atoms with Crippen molar-refractivity contribution in [3.05, 3.63) is 35.9 Å². The standard InChI is InChI=1S/C21H31N3O3/c25-19(24-18-11-5-2-6-12-18)15-23-21(26)22-14-17-10-7-13-27-20(17)16-8-3-1-4-9-16/h1,3-4,8-9,17-18,20H,2,5-7,10-15H2,(H,24,25)(H2,22,23,26)/t17-,20-/m1/s1. The van der Waals surface area contributed by atoms with Crippen LogP contribution in [0.4, 0.5) is 4.79 Å². The minimum absolute atomic E-state index is 0.00912. The van der Waals surface area contributed by atoms with Crippen LogP contribution in [0.2, 0.25) is 0 Å². The van der Waals surface area contributed by atoms with Crippen molar-refractivity contribution < 1.29 is 14.3 Å². The van der Waals surface area contributed by atoms with Gasteiger partial charge in [0.05, 0.1) is 12.6 Å². The van der Waals surface area contributed by atoms with Crippen molar-refractivity contribution >= 4 is 11.9 Å². The lowest BCUT2D eigenvalue weighted by Crippen LogP contribution is -2.46. The average molecular weight is 373 g/mol. The molecule has 1 heterocycles. The molecule has 3 N–H and O–H groups in total. The molecule has 3 amide bonds. The zero-order valence-electron chi connectivity index (χ0n) is 15.9. The molecule has 2 fully saturated rings. The molecule has 148 valence electrons. The first-order chi connectivity index (χ1) is 13.2. The Morgan fingerprint density at radius 1 is 0.963 bits per heavy atom. The highest BCUT2D eigenvalue weighted by Gasteiger charge is 2.27. The number of amides is 3. The third-order valence-electron chi connectivity index (χ3n) is 5.48. The van der Waals surface area contributed by atoms with Gasteiger partial charge in [0.15, 0.2) is 0 Å². The summed E-state index contributed by atoms with van der Waals surface area (Å²) < 4.78 is 5.96. The maximum Gasteiger partial charge on any atom is 0.315 e. The van der Waals surface area contributed by atoms with Crippen molar-refractivity contribution in [2.75, 3.05) is 19.7 Å². The highest BCUT2D eigenvalue weighted by Crippen LogP contribution is 2.32. The molecule has 2 aliphatic rings. The maximum absolute atomic E-state index is 12.1. The molecule has 1 aromatic rings. The van der Waals surface area contributed by atoms with Gasteiger partial charge in [-0.25, -0.2) is 4.79 Å². The normalized spacial score (nSPS) is 23.4. The van der Waals surface area contributed by atoms with E-state index in [9.17, 15) is 9.59 Å². The van der Waals surface area contributed by atoms with Crippen LogP contribution in [0.15, 0.2) is 30.3 Å². The van der Waals surface area contributed by atoms with Gasteiger partial charge < -0.3 is 20.7 Å². The van der Waals surface area contributed by atoms with Gasteiger partial charge in [0.1, 0.15) is 0 Å². The van der Waals surface area contributed by atoms with E-state index in [1.54, 1.807) is 0 Å². The van der Waals surface area contributed by atoms with Crippen LogP contribution in [-0.4, -0.2) is 37.7 Å². The van der Waals surface area contributed by atoms with Crippen LogP contribution in [-0.2, 0) is 9.53 Å². The molecule has 0 radical (unpaired) electrons. The molecule has 1 aliphatic heterocycles. The van der Waals surface area contributed by atoms with Gasteiger partial charge in [-0.05, 0) is 31.2 Å². The number of carbonyl (C=O) groups excluding carboxylic acids is 2. The summed E-state index contributed by atoms with van der Waals surface area (Å²) >= 11 is 0. The first-order valence-corrected chi connectivity index (χ1v) is 10.2. The fourth-order valence-corrected chi connectivity index (χ4v) is 4.04. The van der Waals surface area contributed by atoms with Gasteiger partial charge in [-0.2, -0.15) is 0 Å². The molecule has 1 saturated carbocycles. The molecule has 0 unspecified atom stereocenters. The molecule has 0 aromatic heterocycles. The molecule has 0 bridgehead atoms. The predicted octanol–water partition coefficient (Wildman–Crippen LogP) is 2.90. The van der Waals surface area contributed by atoms with E-state index in [0.717, 1.165) is 37.9 Å². The Balaban J connectivity index is 1.39. The van der Waals surface area contributed by atoms with E-state index in [1.165, 1.54) is 19.3 Å². The molecule has 1 saturated heterocycles. The minimum Gasteiger partial charge on any atom is -0.373 e. The van der Waals surface area contributed by atoms with Gasteiger partial charge in [-0.3, -0.25) is 4.79 Å². The quantitative estimate of drug-likeness (QED) is 0.717. The Kier molecular flexibility index (Phi) is 7.51.